The largest absolute Gasteiger partial charge is 0.387 e. The van der Waals surface area contributed by atoms with Crippen molar-refractivity contribution in [2.45, 2.75) is 13.0 Å². The van der Waals surface area contributed by atoms with Crippen molar-refractivity contribution in [2.75, 3.05) is 11.9 Å². The summed E-state index contributed by atoms with van der Waals surface area (Å²) in [4.78, 5) is 0. The molecule has 0 aliphatic heterocycles. The predicted octanol–water partition coefficient (Wildman–Crippen LogP) is 3.93. The van der Waals surface area contributed by atoms with E-state index >= 15 is 0 Å². The van der Waals surface area contributed by atoms with Crippen LogP contribution in [0.15, 0.2) is 42.5 Å². The number of anilines is 1. The van der Waals surface area contributed by atoms with Crippen LogP contribution >= 0.6 is 11.6 Å². The van der Waals surface area contributed by atoms with Gasteiger partial charge in [-0.2, -0.15) is 0 Å². The highest BCUT2D eigenvalue weighted by molar-refractivity contribution is 6.31. The summed E-state index contributed by atoms with van der Waals surface area (Å²) in [5.74, 6) is -0.327. The molecule has 1 atom stereocenters. The first-order chi connectivity index (χ1) is 9.09. The Hall–Kier alpha value is -1.58. The molecule has 100 valence electrons. The number of hydrogen-bond acceptors (Lipinski definition) is 2. The first-order valence-electron chi connectivity index (χ1n) is 6.01. The van der Waals surface area contributed by atoms with Crippen molar-refractivity contribution < 1.29 is 9.50 Å². The van der Waals surface area contributed by atoms with Crippen LogP contribution in [0.5, 0.6) is 0 Å². The summed E-state index contributed by atoms with van der Waals surface area (Å²) in [5.41, 5.74) is 1.84. The van der Waals surface area contributed by atoms with Gasteiger partial charge in [-0.05, 0) is 24.6 Å². The number of nitrogens with one attached hydrogen (secondary N) is 1. The van der Waals surface area contributed by atoms with E-state index in [1.54, 1.807) is 30.3 Å². The summed E-state index contributed by atoms with van der Waals surface area (Å²) in [5, 5.41) is 13.5. The van der Waals surface area contributed by atoms with E-state index in [0.29, 0.717) is 16.3 Å². The van der Waals surface area contributed by atoms with Crippen LogP contribution in [-0.4, -0.2) is 11.7 Å². The van der Waals surface area contributed by atoms with Gasteiger partial charge in [-0.1, -0.05) is 41.9 Å². The Morgan fingerprint density at radius 1 is 1.21 bits per heavy atom. The molecule has 2 aromatic carbocycles. The molecule has 0 amide bonds. The minimum Gasteiger partial charge on any atom is -0.387 e. The quantitative estimate of drug-likeness (QED) is 0.889. The van der Waals surface area contributed by atoms with Gasteiger partial charge >= 0.3 is 0 Å². The van der Waals surface area contributed by atoms with Gasteiger partial charge in [-0.15, -0.1) is 0 Å². The first-order valence-corrected chi connectivity index (χ1v) is 6.39. The Balaban J connectivity index is 2.09. The lowest BCUT2D eigenvalue weighted by Crippen LogP contribution is -2.14. The van der Waals surface area contributed by atoms with Crippen molar-refractivity contribution in [1.82, 2.24) is 0 Å². The van der Waals surface area contributed by atoms with Gasteiger partial charge in [0.2, 0.25) is 0 Å². The lowest BCUT2D eigenvalue weighted by molar-refractivity contribution is 0.191. The van der Waals surface area contributed by atoms with Crippen molar-refractivity contribution in [1.29, 1.82) is 0 Å². The van der Waals surface area contributed by atoms with E-state index in [1.165, 1.54) is 6.07 Å². The van der Waals surface area contributed by atoms with E-state index in [1.807, 2.05) is 13.0 Å². The fourth-order valence-electron chi connectivity index (χ4n) is 1.91. The summed E-state index contributed by atoms with van der Waals surface area (Å²) in [6.07, 6.45) is -0.785. The minimum atomic E-state index is -0.785. The van der Waals surface area contributed by atoms with E-state index in [2.05, 4.69) is 5.32 Å². The lowest BCUT2D eigenvalue weighted by Gasteiger charge is -2.16. The zero-order chi connectivity index (χ0) is 13.8. The topological polar surface area (TPSA) is 32.3 Å². The van der Waals surface area contributed by atoms with E-state index < -0.39 is 6.10 Å². The van der Waals surface area contributed by atoms with Gasteiger partial charge in [0.1, 0.15) is 5.82 Å². The molecule has 19 heavy (non-hydrogen) atoms. The van der Waals surface area contributed by atoms with Crippen LogP contribution in [0.1, 0.15) is 17.2 Å². The second kappa shape index (κ2) is 6.04. The van der Waals surface area contributed by atoms with Crippen LogP contribution in [0.25, 0.3) is 0 Å². The molecule has 0 fully saturated rings. The van der Waals surface area contributed by atoms with Crippen LogP contribution in [0.4, 0.5) is 10.1 Å². The summed E-state index contributed by atoms with van der Waals surface area (Å²) in [7, 11) is 0. The fraction of sp³-hybridized carbons (Fsp3) is 0.200. The molecule has 2 nitrogen and oxygen atoms in total. The molecule has 0 saturated carbocycles. The smallest absolute Gasteiger partial charge is 0.146 e. The maximum Gasteiger partial charge on any atom is 0.146 e. The first kappa shape index (κ1) is 13.8. The number of benzene rings is 2. The third-order valence-corrected chi connectivity index (χ3v) is 3.30. The molecule has 2 N–H and O–H groups in total. The summed E-state index contributed by atoms with van der Waals surface area (Å²) in [6, 6.07) is 11.9. The van der Waals surface area contributed by atoms with Gasteiger partial charge in [0, 0.05) is 17.1 Å². The molecule has 0 aliphatic carbocycles. The van der Waals surface area contributed by atoms with Crippen LogP contribution in [0.2, 0.25) is 5.02 Å². The summed E-state index contributed by atoms with van der Waals surface area (Å²) < 4.78 is 13.6. The molecule has 1 unspecified atom stereocenters. The standard InChI is InChI=1S/C15H15ClFNO/c1-10-5-4-8-13(17)15(10)18-9-14(19)11-6-2-3-7-12(11)16/h2-8,14,18-19H,9H2,1H3. The van der Waals surface area contributed by atoms with Gasteiger partial charge in [0.05, 0.1) is 11.8 Å². The Bertz CT molecular complexity index is 554. The molecule has 0 aliphatic rings. The van der Waals surface area contributed by atoms with Crippen LogP contribution in [0.3, 0.4) is 0 Å². The third kappa shape index (κ3) is 3.25. The third-order valence-electron chi connectivity index (χ3n) is 2.96. The zero-order valence-corrected chi connectivity index (χ0v) is 11.3. The SMILES string of the molecule is Cc1cccc(F)c1NCC(O)c1ccccc1Cl. The van der Waals surface area contributed by atoms with Crippen molar-refractivity contribution in [3.8, 4) is 0 Å². The van der Waals surface area contributed by atoms with Gasteiger partial charge in [0.15, 0.2) is 0 Å². The van der Waals surface area contributed by atoms with Crippen molar-refractivity contribution >= 4 is 17.3 Å². The second-order valence-electron chi connectivity index (χ2n) is 4.35. The number of aliphatic hydroxyl groups excluding tert-OH is 1. The summed E-state index contributed by atoms with van der Waals surface area (Å²) >= 11 is 6.00. The second-order valence-corrected chi connectivity index (χ2v) is 4.76. The monoisotopic (exact) mass is 279 g/mol. The Kier molecular flexibility index (Phi) is 4.40. The van der Waals surface area contributed by atoms with Crippen LogP contribution < -0.4 is 5.32 Å². The Morgan fingerprint density at radius 2 is 1.95 bits per heavy atom. The van der Waals surface area contributed by atoms with E-state index in [-0.39, 0.29) is 12.4 Å². The highest BCUT2D eigenvalue weighted by Gasteiger charge is 2.12. The molecule has 0 bridgehead atoms. The summed E-state index contributed by atoms with van der Waals surface area (Å²) in [6.45, 7) is 2.01. The highest BCUT2D eigenvalue weighted by atomic mass is 35.5. The zero-order valence-electron chi connectivity index (χ0n) is 10.5. The molecular formula is C15H15ClFNO. The number of aliphatic hydroxyl groups is 1. The Morgan fingerprint density at radius 3 is 2.63 bits per heavy atom. The minimum absolute atomic E-state index is 0.200. The maximum atomic E-state index is 13.6. The van der Waals surface area contributed by atoms with Gasteiger partial charge in [-0.25, -0.2) is 4.39 Å². The van der Waals surface area contributed by atoms with Crippen molar-refractivity contribution in [3.63, 3.8) is 0 Å². The maximum absolute atomic E-state index is 13.6. The average molecular weight is 280 g/mol. The molecule has 0 aromatic heterocycles. The van der Waals surface area contributed by atoms with Crippen molar-refractivity contribution in [3.05, 3.63) is 64.4 Å². The highest BCUT2D eigenvalue weighted by Crippen LogP contribution is 2.24. The van der Waals surface area contributed by atoms with Crippen molar-refractivity contribution in [2.24, 2.45) is 0 Å². The van der Waals surface area contributed by atoms with E-state index in [0.717, 1.165) is 5.56 Å². The molecule has 2 rings (SSSR count). The fourth-order valence-corrected chi connectivity index (χ4v) is 2.17. The van der Waals surface area contributed by atoms with Crippen LogP contribution in [0, 0.1) is 12.7 Å². The number of para-hydroxylation sites is 1. The van der Waals surface area contributed by atoms with Gasteiger partial charge in [0.25, 0.3) is 0 Å². The predicted molar refractivity (Wildman–Crippen MR) is 76.0 cm³/mol. The number of hydrogen-bond donors (Lipinski definition) is 2. The molecular weight excluding hydrogens is 265 g/mol. The van der Waals surface area contributed by atoms with Gasteiger partial charge in [-0.3, -0.25) is 0 Å². The molecule has 0 spiro atoms. The van der Waals surface area contributed by atoms with Crippen LogP contribution in [-0.2, 0) is 0 Å². The number of aryl methyl sites for hydroxylation is 1. The molecule has 4 heteroatoms. The Labute approximate surface area is 116 Å². The molecule has 0 heterocycles. The average Bonchev–Trinajstić information content (AvgIpc) is 2.38. The normalized spacial score (nSPS) is 12.2. The molecule has 0 saturated heterocycles. The molecule has 0 radical (unpaired) electrons. The number of rotatable bonds is 4. The molecule has 2 aromatic rings. The van der Waals surface area contributed by atoms with Gasteiger partial charge < -0.3 is 10.4 Å². The van der Waals surface area contributed by atoms with E-state index in [4.69, 9.17) is 11.6 Å². The van der Waals surface area contributed by atoms with E-state index in [9.17, 15) is 9.50 Å². The number of halogens is 2. The lowest BCUT2D eigenvalue weighted by atomic mass is 10.1.